The Kier molecular flexibility index (Phi) is 9.18. The molecule has 1 aromatic rings. The molecule has 0 amide bonds. The van der Waals surface area contributed by atoms with Gasteiger partial charge in [0.15, 0.2) is 0 Å². The Bertz CT molecular complexity index is 934. The van der Waals surface area contributed by atoms with Gasteiger partial charge in [-0.25, -0.2) is 0 Å². The number of nitro groups is 1. The summed E-state index contributed by atoms with van der Waals surface area (Å²) in [5.74, 6) is -4.07. The molecule has 0 saturated heterocycles. The maximum absolute atomic E-state index is 13.1. The number of benzene rings is 1. The molecule has 5 atom stereocenters. The van der Waals surface area contributed by atoms with Gasteiger partial charge in [-0.05, 0) is 26.3 Å². The van der Waals surface area contributed by atoms with Crippen molar-refractivity contribution in [1.29, 1.82) is 5.41 Å². The van der Waals surface area contributed by atoms with Gasteiger partial charge < -0.3 is 14.9 Å². The lowest BCUT2D eigenvalue weighted by Crippen LogP contribution is -2.48. The van der Waals surface area contributed by atoms with Gasteiger partial charge in [0.05, 0.1) is 35.8 Å². The molecule has 0 aromatic heterocycles. The van der Waals surface area contributed by atoms with E-state index >= 15 is 0 Å². The number of aliphatic imine (C=N–C) groups is 1. The Morgan fingerprint density at radius 2 is 1.91 bits per heavy atom. The molecule has 1 heterocycles. The molecule has 10 nitrogen and oxygen atoms in total. The van der Waals surface area contributed by atoms with Crippen molar-refractivity contribution in [1.82, 2.24) is 0 Å². The molecule has 1 N–H and O–H groups in total. The lowest BCUT2D eigenvalue weighted by atomic mass is 9.70. The summed E-state index contributed by atoms with van der Waals surface area (Å²) in [5.41, 5.74) is 0.599. The van der Waals surface area contributed by atoms with Gasteiger partial charge in [-0.1, -0.05) is 12.1 Å². The predicted octanol–water partition coefficient (Wildman–Crippen LogP) is 2.28. The van der Waals surface area contributed by atoms with E-state index in [1.165, 1.54) is 18.2 Å². The maximum Gasteiger partial charge on any atom is 0.315 e. The second kappa shape index (κ2) is 11.6. The predicted molar refractivity (Wildman–Crippen MR) is 120 cm³/mol. The highest BCUT2D eigenvalue weighted by atomic mass is 32.2. The van der Waals surface area contributed by atoms with Crippen molar-refractivity contribution >= 4 is 40.4 Å². The Morgan fingerprint density at radius 1 is 1.25 bits per heavy atom. The normalized spacial score (nSPS) is 23.5. The van der Waals surface area contributed by atoms with Gasteiger partial charge in [0.25, 0.3) is 5.69 Å². The highest BCUT2D eigenvalue weighted by Crippen LogP contribution is 2.42. The van der Waals surface area contributed by atoms with Crippen molar-refractivity contribution in [2.45, 2.75) is 32.7 Å². The van der Waals surface area contributed by atoms with Crippen molar-refractivity contribution in [3.8, 4) is 0 Å². The van der Waals surface area contributed by atoms with Gasteiger partial charge in [0.2, 0.25) is 0 Å². The van der Waals surface area contributed by atoms with E-state index in [2.05, 4.69) is 4.99 Å². The summed E-state index contributed by atoms with van der Waals surface area (Å²) >= 11 is 0. The van der Waals surface area contributed by atoms with E-state index in [1.54, 1.807) is 26.8 Å². The van der Waals surface area contributed by atoms with Crippen LogP contribution in [0.15, 0.2) is 29.3 Å². The Hall–Kier alpha value is -2.95. The zero-order chi connectivity index (χ0) is 23.8. The highest BCUT2D eigenvalue weighted by Gasteiger charge is 2.49. The lowest BCUT2D eigenvalue weighted by molar-refractivity contribution is -0.384. The smallest absolute Gasteiger partial charge is 0.315 e. The maximum atomic E-state index is 13.1. The fourth-order valence-corrected chi connectivity index (χ4v) is 4.94. The summed E-state index contributed by atoms with van der Waals surface area (Å²) in [4.78, 5) is 41.3. The van der Waals surface area contributed by atoms with Crippen LogP contribution in [0.25, 0.3) is 0 Å². The largest absolute Gasteiger partial charge is 0.466 e. The number of esters is 2. The summed E-state index contributed by atoms with van der Waals surface area (Å²) < 4.78 is 22.9. The second-order valence-corrected chi connectivity index (χ2v) is 8.75. The van der Waals surface area contributed by atoms with Crippen LogP contribution in [0.1, 0.15) is 32.3 Å². The van der Waals surface area contributed by atoms with Crippen molar-refractivity contribution in [2.24, 2.45) is 16.8 Å². The summed E-state index contributed by atoms with van der Waals surface area (Å²) in [6.45, 7) is 5.12. The first-order chi connectivity index (χ1) is 15.2. The average Bonchev–Trinajstić information content (AvgIpc) is 2.73. The Labute approximate surface area is 188 Å². The number of nitrogens with one attached hydrogen (secondary N) is 1. The van der Waals surface area contributed by atoms with E-state index in [4.69, 9.17) is 14.9 Å². The van der Waals surface area contributed by atoms with E-state index < -0.39 is 51.5 Å². The number of nitro benzene ring substituents is 1. The third-order valence-electron chi connectivity index (χ3n) is 5.17. The van der Waals surface area contributed by atoms with Gasteiger partial charge in [0, 0.05) is 46.5 Å². The number of carbonyl (C=O) groups excluding carboxylic acids is 2. The van der Waals surface area contributed by atoms with Crippen molar-refractivity contribution in [2.75, 3.05) is 24.7 Å². The summed E-state index contributed by atoms with van der Waals surface area (Å²) in [6, 6.07) is 4.96. The molecule has 0 saturated carbocycles. The first kappa shape index (κ1) is 25.3. The third-order valence-corrected chi connectivity index (χ3v) is 6.42. The van der Waals surface area contributed by atoms with Gasteiger partial charge >= 0.3 is 11.9 Å². The number of carbonyl (C=O) groups is 2. The number of ether oxygens (including phenoxy) is 2. The molecular weight excluding hydrogens is 438 g/mol. The fraction of sp³-hybridized carbons (Fsp3) is 0.524. The monoisotopic (exact) mass is 465 g/mol. The lowest BCUT2D eigenvalue weighted by Gasteiger charge is -2.38. The molecule has 0 spiro atoms. The minimum Gasteiger partial charge on any atom is -0.466 e. The van der Waals surface area contributed by atoms with E-state index in [1.807, 2.05) is 0 Å². The molecule has 0 bridgehead atoms. The topological polar surface area (TPSA) is 149 Å². The number of rotatable bonds is 10. The van der Waals surface area contributed by atoms with E-state index in [0.29, 0.717) is 11.3 Å². The minimum absolute atomic E-state index is 0.00337. The fourth-order valence-electron chi connectivity index (χ4n) is 3.96. The minimum atomic E-state index is -1.46. The average molecular weight is 466 g/mol. The molecule has 11 heteroatoms. The molecule has 5 unspecified atom stereocenters. The van der Waals surface area contributed by atoms with Gasteiger partial charge in [-0.2, -0.15) is 0 Å². The molecule has 0 fully saturated rings. The van der Waals surface area contributed by atoms with Gasteiger partial charge in [-0.3, -0.25) is 28.9 Å². The SMILES string of the molecule is CCOC(=O)C1C(C)=NC(CS(=O)CC=N)C(C(=O)OCC)C1c1cccc([N+](=O)[O-])c1. The van der Waals surface area contributed by atoms with Crippen LogP contribution in [0.2, 0.25) is 0 Å². The molecule has 1 aliphatic rings. The van der Waals surface area contributed by atoms with Crippen LogP contribution in [0.4, 0.5) is 5.69 Å². The van der Waals surface area contributed by atoms with Crippen LogP contribution in [0, 0.1) is 27.4 Å². The van der Waals surface area contributed by atoms with Crippen LogP contribution in [0.3, 0.4) is 0 Å². The number of non-ortho nitro benzene ring substituents is 1. The first-order valence-electron chi connectivity index (χ1n) is 10.2. The molecule has 2 rings (SSSR count). The molecular formula is C21H27N3O7S. The standard InChI is InChI=1S/C21H27N3O7S/c1-4-30-20(25)17-13(3)23-16(12-32(29)10-9-22)19(21(26)31-5-2)18(17)14-7-6-8-15(11-14)24(27)28/h6-9,11,16-19,22H,4-5,10,12H2,1-3H3. The zero-order valence-electron chi connectivity index (χ0n) is 18.2. The van der Waals surface area contributed by atoms with E-state index in [-0.39, 0.29) is 30.4 Å². The quantitative estimate of drug-likeness (QED) is 0.241. The molecule has 0 aliphatic carbocycles. The van der Waals surface area contributed by atoms with Gasteiger partial charge in [0.1, 0.15) is 5.92 Å². The van der Waals surface area contributed by atoms with Crippen LogP contribution >= 0.6 is 0 Å². The second-order valence-electron chi connectivity index (χ2n) is 7.20. The molecule has 1 aliphatic heterocycles. The Morgan fingerprint density at radius 3 is 2.50 bits per heavy atom. The van der Waals surface area contributed by atoms with Crippen LogP contribution < -0.4 is 0 Å². The first-order valence-corrected chi connectivity index (χ1v) is 11.7. The van der Waals surface area contributed by atoms with E-state index in [0.717, 1.165) is 6.21 Å². The van der Waals surface area contributed by atoms with Crippen molar-refractivity contribution in [3.63, 3.8) is 0 Å². The molecule has 174 valence electrons. The summed E-state index contributed by atoms with van der Waals surface area (Å²) in [6.07, 6.45) is 1.02. The van der Waals surface area contributed by atoms with Crippen molar-refractivity contribution in [3.05, 3.63) is 39.9 Å². The zero-order valence-corrected chi connectivity index (χ0v) is 19.0. The van der Waals surface area contributed by atoms with Crippen LogP contribution in [-0.4, -0.2) is 63.8 Å². The molecule has 1 aromatic carbocycles. The molecule has 32 heavy (non-hydrogen) atoms. The summed E-state index contributed by atoms with van der Waals surface area (Å²) in [5, 5.41) is 18.5. The number of hydrogen-bond donors (Lipinski definition) is 1. The number of nitrogens with zero attached hydrogens (tertiary/aromatic N) is 2. The molecule has 0 radical (unpaired) electrons. The van der Waals surface area contributed by atoms with Crippen molar-refractivity contribution < 1.29 is 28.2 Å². The van der Waals surface area contributed by atoms with Crippen LogP contribution in [-0.2, 0) is 29.9 Å². The third kappa shape index (κ3) is 5.84. The van der Waals surface area contributed by atoms with Gasteiger partial charge in [-0.15, -0.1) is 0 Å². The Balaban J connectivity index is 2.68. The number of hydrogen-bond acceptors (Lipinski definition) is 9. The highest BCUT2D eigenvalue weighted by molar-refractivity contribution is 7.85. The summed E-state index contributed by atoms with van der Waals surface area (Å²) in [7, 11) is -1.46. The van der Waals surface area contributed by atoms with Crippen LogP contribution in [0.5, 0.6) is 0 Å². The van der Waals surface area contributed by atoms with E-state index in [9.17, 15) is 23.9 Å².